The number of aliphatic hydroxyl groups is 2. The van der Waals surface area contributed by atoms with E-state index in [0.717, 1.165) is 42.6 Å². The number of rotatable bonds is 4. The van der Waals surface area contributed by atoms with Gasteiger partial charge in [0.1, 0.15) is 12.1 Å². The van der Waals surface area contributed by atoms with Gasteiger partial charge in [0.05, 0.1) is 12.6 Å². The zero-order valence-electron chi connectivity index (χ0n) is 21.4. The summed E-state index contributed by atoms with van der Waals surface area (Å²) in [4.78, 5) is 49.7. The summed E-state index contributed by atoms with van der Waals surface area (Å²) in [7, 11) is 0. The quantitative estimate of drug-likeness (QED) is 0.186. The van der Waals surface area contributed by atoms with Gasteiger partial charge in [-0.05, 0) is 54.7 Å². The predicted molar refractivity (Wildman–Crippen MR) is 138 cm³/mol. The standard InChI is InChI=1S/C26H32N8O5/c27-22-31-20-16(11-33-18(35)6-7-19(33)36)29-23(28)34-12-17(26(38,39)25(20,34)32-22)30-21(37)14-3-1-5-15-13(14)4-2-8-24(15)9-10-24/h1,3,5,16-17,20,38-39H,2,4,6-12H2,(H2,28,29)(H,30,37)(H3,27,31,32)/t16-,17?,20-,25?/m0/s1. The Balaban J connectivity index is 1.20. The van der Waals surface area contributed by atoms with E-state index in [9.17, 15) is 24.6 Å². The number of nitrogens with zero attached hydrogens (tertiary/aromatic N) is 4. The number of nitrogens with two attached hydrogens (primary N) is 2. The van der Waals surface area contributed by atoms with Crippen molar-refractivity contribution < 1.29 is 24.6 Å². The van der Waals surface area contributed by atoms with E-state index in [4.69, 9.17) is 11.5 Å². The molecule has 206 valence electrons. The second-order valence-corrected chi connectivity index (χ2v) is 11.6. The molecule has 13 heteroatoms. The molecule has 7 rings (SSSR count). The number of nitrogens with one attached hydrogen (secondary N) is 2. The lowest BCUT2D eigenvalue weighted by Crippen LogP contribution is -2.78. The second-order valence-electron chi connectivity index (χ2n) is 11.6. The Morgan fingerprint density at radius 2 is 1.85 bits per heavy atom. The van der Waals surface area contributed by atoms with Gasteiger partial charge in [-0.15, -0.1) is 0 Å². The number of likely N-dealkylation sites (tertiary alicyclic amines) is 1. The molecule has 2 saturated heterocycles. The Bertz CT molecular complexity index is 1350. The lowest BCUT2D eigenvalue weighted by Gasteiger charge is -2.49. The SMILES string of the molecule is NC1=N[C@H]2[C@H](CN3C(=O)CCC3=O)N=C(N)N3CC(NC(=O)c4cccc5c4CCCC54CC4)C(O)(O)C23N1. The van der Waals surface area contributed by atoms with Crippen LogP contribution in [-0.2, 0) is 21.4 Å². The number of imide groups is 1. The van der Waals surface area contributed by atoms with Crippen LogP contribution in [0.2, 0.25) is 0 Å². The van der Waals surface area contributed by atoms with E-state index in [2.05, 4.69) is 26.7 Å². The van der Waals surface area contributed by atoms with Crippen molar-refractivity contribution in [2.75, 3.05) is 13.1 Å². The summed E-state index contributed by atoms with van der Waals surface area (Å²) in [5.74, 6) is -3.76. The first-order valence-electron chi connectivity index (χ1n) is 13.5. The second kappa shape index (κ2) is 7.92. The monoisotopic (exact) mass is 536 g/mol. The zero-order valence-corrected chi connectivity index (χ0v) is 21.4. The van der Waals surface area contributed by atoms with Crippen molar-refractivity contribution in [1.29, 1.82) is 0 Å². The Kier molecular flexibility index (Phi) is 4.94. The average molecular weight is 537 g/mol. The molecule has 0 bridgehead atoms. The predicted octanol–water partition coefficient (Wildman–Crippen LogP) is -2.02. The summed E-state index contributed by atoms with van der Waals surface area (Å²) < 4.78 is 0. The van der Waals surface area contributed by atoms with E-state index in [-0.39, 0.29) is 55.1 Å². The molecule has 4 atom stereocenters. The third-order valence-electron chi connectivity index (χ3n) is 9.56. The number of fused-ring (bicyclic) bond motifs is 2. The van der Waals surface area contributed by atoms with Crippen LogP contribution in [0.25, 0.3) is 0 Å². The first-order chi connectivity index (χ1) is 18.6. The lowest BCUT2D eigenvalue weighted by atomic mass is 9.78. The fourth-order valence-electron chi connectivity index (χ4n) is 7.46. The van der Waals surface area contributed by atoms with Gasteiger partial charge in [-0.1, -0.05) is 12.1 Å². The summed E-state index contributed by atoms with van der Waals surface area (Å²) in [6, 6.07) is 2.72. The molecule has 39 heavy (non-hydrogen) atoms. The van der Waals surface area contributed by atoms with Crippen LogP contribution in [0.1, 0.15) is 60.0 Å². The van der Waals surface area contributed by atoms with Crippen molar-refractivity contribution in [1.82, 2.24) is 20.4 Å². The van der Waals surface area contributed by atoms with Crippen LogP contribution < -0.4 is 22.1 Å². The summed E-state index contributed by atoms with van der Waals surface area (Å²) in [6.45, 7) is -0.199. The van der Waals surface area contributed by atoms with Crippen molar-refractivity contribution >= 4 is 29.6 Å². The zero-order chi connectivity index (χ0) is 27.3. The van der Waals surface area contributed by atoms with Crippen LogP contribution >= 0.6 is 0 Å². The molecule has 2 aliphatic carbocycles. The summed E-state index contributed by atoms with van der Waals surface area (Å²) >= 11 is 0. The van der Waals surface area contributed by atoms with Gasteiger partial charge in [0.2, 0.25) is 17.6 Å². The van der Waals surface area contributed by atoms with Crippen LogP contribution in [0.4, 0.5) is 0 Å². The molecule has 13 nitrogen and oxygen atoms in total. The molecule has 0 aromatic heterocycles. The van der Waals surface area contributed by atoms with E-state index < -0.39 is 35.5 Å². The van der Waals surface area contributed by atoms with Gasteiger partial charge < -0.3 is 37.2 Å². The third-order valence-corrected chi connectivity index (χ3v) is 9.56. The van der Waals surface area contributed by atoms with Gasteiger partial charge >= 0.3 is 0 Å². The Hall–Kier alpha value is -3.71. The van der Waals surface area contributed by atoms with Crippen molar-refractivity contribution in [2.24, 2.45) is 21.5 Å². The smallest absolute Gasteiger partial charge is 0.252 e. The molecular formula is C26H32N8O5. The molecule has 3 amide bonds. The first kappa shape index (κ1) is 24.3. The van der Waals surface area contributed by atoms with Crippen LogP contribution in [0, 0.1) is 0 Å². The van der Waals surface area contributed by atoms with Gasteiger partial charge in [0, 0.05) is 24.9 Å². The van der Waals surface area contributed by atoms with Gasteiger partial charge in [-0.3, -0.25) is 19.3 Å². The highest BCUT2D eigenvalue weighted by atomic mass is 16.5. The van der Waals surface area contributed by atoms with Gasteiger partial charge in [0.15, 0.2) is 17.6 Å². The maximum Gasteiger partial charge on any atom is 0.252 e. The van der Waals surface area contributed by atoms with Crippen molar-refractivity contribution in [3.63, 3.8) is 0 Å². The number of carbonyl (C=O) groups is 3. The maximum absolute atomic E-state index is 13.6. The van der Waals surface area contributed by atoms with E-state index in [1.165, 1.54) is 10.5 Å². The minimum Gasteiger partial charge on any atom is -0.370 e. The van der Waals surface area contributed by atoms with Crippen LogP contribution in [0.15, 0.2) is 28.2 Å². The minimum absolute atomic E-state index is 0.0373. The average Bonchev–Trinajstić information content (AvgIpc) is 3.38. The Morgan fingerprint density at radius 3 is 2.56 bits per heavy atom. The number of carbonyl (C=O) groups excluding carboxylic acids is 3. The van der Waals surface area contributed by atoms with Crippen molar-refractivity contribution in [3.8, 4) is 0 Å². The maximum atomic E-state index is 13.6. The van der Waals surface area contributed by atoms with E-state index in [1.54, 1.807) is 6.07 Å². The fourth-order valence-corrected chi connectivity index (χ4v) is 7.46. The highest BCUT2D eigenvalue weighted by Crippen LogP contribution is 2.55. The molecule has 2 spiro atoms. The Morgan fingerprint density at radius 1 is 1.10 bits per heavy atom. The highest BCUT2D eigenvalue weighted by Gasteiger charge is 2.73. The molecule has 3 fully saturated rings. The van der Waals surface area contributed by atoms with E-state index in [0.29, 0.717) is 5.56 Å². The number of amides is 3. The fraction of sp³-hybridized carbons (Fsp3) is 0.577. The van der Waals surface area contributed by atoms with Crippen molar-refractivity contribution in [3.05, 3.63) is 34.9 Å². The normalized spacial score (nSPS) is 33.2. The van der Waals surface area contributed by atoms with Crippen molar-refractivity contribution in [2.45, 2.75) is 79.9 Å². The summed E-state index contributed by atoms with van der Waals surface area (Å²) in [5.41, 5.74) is 13.6. The molecule has 2 unspecified atom stereocenters. The van der Waals surface area contributed by atoms with Crippen LogP contribution in [-0.4, -0.2) is 92.3 Å². The van der Waals surface area contributed by atoms with Crippen LogP contribution in [0.3, 0.4) is 0 Å². The largest absolute Gasteiger partial charge is 0.370 e. The summed E-state index contributed by atoms with van der Waals surface area (Å²) in [6.07, 6.45) is 5.42. The molecular weight excluding hydrogens is 504 g/mol. The molecule has 4 heterocycles. The summed E-state index contributed by atoms with van der Waals surface area (Å²) in [5, 5.41) is 29.1. The van der Waals surface area contributed by atoms with Gasteiger partial charge in [0.25, 0.3) is 5.91 Å². The van der Waals surface area contributed by atoms with Gasteiger partial charge in [-0.2, -0.15) is 0 Å². The molecule has 0 radical (unpaired) electrons. The van der Waals surface area contributed by atoms with E-state index >= 15 is 0 Å². The van der Waals surface area contributed by atoms with Gasteiger partial charge in [-0.25, -0.2) is 9.98 Å². The Labute approximate surface area is 224 Å². The number of guanidine groups is 2. The minimum atomic E-state index is -2.59. The first-order valence-corrected chi connectivity index (χ1v) is 13.5. The number of hydrogen-bond acceptors (Lipinski definition) is 11. The number of aliphatic imine (C=N–C) groups is 2. The molecule has 4 aliphatic heterocycles. The third kappa shape index (κ3) is 3.22. The number of benzene rings is 1. The highest BCUT2D eigenvalue weighted by molar-refractivity contribution is 6.02. The molecule has 8 N–H and O–H groups in total. The van der Waals surface area contributed by atoms with Crippen LogP contribution in [0.5, 0.6) is 0 Å². The molecule has 1 aromatic rings. The number of hydrogen-bond donors (Lipinski definition) is 6. The van der Waals surface area contributed by atoms with E-state index in [1.807, 2.05) is 6.07 Å². The lowest BCUT2D eigenvalue weighted by molar-refractivity contribution is -0.230. The molecule has 1 saturated carbocycles. The molecule has 1 aromatic carbocycles. The topological polar surface area (TPSA) is 199 Å². The molecule has 6 aliphatic rings.